The van der Waals surface area contributed by atoms with Gasteiger partial charge in [-0.05, 0) is 40.2 Å². The number of amides is 1. The number of halogens is 1. The summed E-state index contributed by atoms with van der Waals surface area (Å²) in [5, 5.41) is 6.00. The Morgan fingerprint density at radius 2 is 2.18 bits per heavy atom. The van der Waals surface area contributed by atoms with E-state index >= 15 is 0 Å². The van der Waals surface area contributed by atoms with Gasteiger partial charge in [0.1, 0.15) is 0 Å². The van der Waals surface area contributed by atoms with E-state index in [9.17, 15) is 4.79 Å². The smallest absolute Gasteiger partial charge is 0.220 e. The molecule has 0 aromatic heterocycles. The first kappa shape index (κ1) is 16.7. The largest absolute Gasteiger partial charge is 0.375 e. The normalized spacial score (nSPS) is 25.1. The zero-order chi connectivity index (χ0) is 12.0. The highest BCUT2D eigenvalue weighted by atomic mass is 35.5. The molecule has 1 aliphatic rings. The molecule has 1 heterocycles. The zero-order valence-corrected chi connectivity index (χ0v) is 11.8. The Kier molecular flexibility index (Phi) is 8.56. The number of carbonyl (C=O) groups is 1. The van der Waals surface area contributed by atoms with E-state index < -0.39 is 0 Å². The van der Waals surface area contributed by atoms with Gasteiger partial charge in [-0.25, -0.2) is 0 Å². The van der Waals surface area contributed by atoms with Crippen molar-refractivity contribution in [2.24, 2.45) is 0 Å². The molecule has 1 amide bonds. The molecule has 3 unspecified atom stereocenters. The van der Waals surface area contributed by atoms with Gasteiger partial charge < -0.3 is 15.4 Å². The Bertz CT molecular complexity index is 227. The van der Waals surface area contributed by atoms with Crippen molar-refractivity contribution in [2.45, 2.75) is 57.8 Å². The second-order valence-corrected chi connectivity index (χ2v) is 4.68. The maximum atomic E-state index is 11.5. The molecule has 0 aromatic rings. The average Bonchev–Trinajstić information content (AvgIpc) is 2.69. The van der Waals surface area contributed by atoms with Crippen molar-refractivity contribution in [1.82, 2.24) is 10.6 Å². The number of rotatable bonds is 6. The van der Waals surface area contributed by atoms with Gasteiger partial charge in [-0.15, -0.1) is 12.4 Å². The molecular weight excluding hydrogens is 240 g/mol. The van der Waals surface area contributed by atoms with Gasteiger partial charge in [0.05, 0.1) is 12.2 Å². The molecule has 5 heteroatoms. The van der Waals surface area contributed by atoms with Gasteiger partial charge in [0.2, 0.25) is 5.91 Å². The molecule has 0 bridgehead atoms. The van der Waals surface area contributed by atoms with Crippen LogP contribution in [0.3, 0.4) is 0 Å². The fraction of sp³-hybridized carbons (Fsp3) is 0.917. The summed E-state index contributed by atoms with van der Waals surface area (Å²) < 4.78 is 5.67. The molecule has 1 rings (SSSR count). The average molecular weight is 265 g/mol. The van der Waals surface area contributed by atoms with E-state index in [0.717, 1.165) is 19.3 Å². The second kappa shape index (κ2) is 8.72. The highest BCUT2D eigenvalue weighted by Crippen LogP contribution is 2.22. The van der Waals surface area contributed by atoms with Crippen molar-refractivity contribution in [3.63, 3.8) is 0 Å². The molecule has 0 spiro atoms. The van der Waals surface area contributed by atoms with Crippen molar-refractivity contribution in [3.05, 3.63) is 0 Å². The molecule has 1 aliphatic heterocycles. The van der Waals surface area contributed by atoms with Gasteiger partial charge in [-0.1, -0.05) is 0 Å². The van der Waals surface area contributed by atoms with Crippen LogP contribution in [-0.4, -0.2) is 37.7 Å². The van der Waals surface area contributed by atoms with E-state index in [0.29, 0.717) is 31.2 Å². The first-order valence-electron chi connectivity index (χ1n) is 6.21. The van der Waals surface area contributed by atoms with Gasteiger partial charge in [0.15, 0.2) is 0 Å². The molecule has 3 atom stereocenters. The molecule has 0 radical (unpaired) electrons. The van der Waals surface area contributed by atoms with E-state index in [1.807, 2.05) is 14.0 Å². The Labute approximate surface area is 110 Å². The summed E-state index contributed by atoms with van der Waals surface area (Å²) in [4.78, 5) is 11.5. The van der Waals surface area contributed by atoms with Gasteiger partial charge in [-0.3, -0.25) is 4.79 Å². The fourth-order valence-corrected chi connectivity index (χ4v) is 1.85. The summed E-state index contributed by atoms with van der Waals surface area (Å²) in [6.45, 7) is 4.83. The van der Waals surface area contributed by atoms with E-state index in [-0.39, 0.29) is 18.3 Å². The van der Waals surface area contributed by atoms with Gasteiger partial charge in [0.25, 0.3) is 0 Å². The molecule has 0 aliphatic carbocycles. The molecular formula is C12H25ClN2O2. The number of nitrogens with one attached hydrogen (secondary N) is 2. The van der Waals surface area contributed by atoms with Crippen molar-refractivity contribution in [2.75, 3.05) is 13.6 Å². The van der Waals surface area contributed by atoms with Crippen molar-refractivity contribution in [1.29, 1.82) is 0 Å². The SMILES string of the molecule is CNC(C)CNC(=O)CCC1CCC(C)O1.Cl. The molecule has 1 saturated heterocycles. The predicted molar refractivity (Wildman–Crippen MR) is 71.6 cm³/mol. The van der Waals surface area contributed by atoms with E-state index in [2.05, 4.69) is 17.6 Å². The third kappa shape index (κ3) is 6.86. The highest BCUT2D eigenvalue weighted by molar-refractivity contribution is 5.85. The summed E-state index contributed by atoms with van der Waals surface area (Å²) in [7, 11) is 1.89. The predicted octanol–water partition coefficient (Wildman–Crippen LogP) is 1.48. The maximum absolute atomic E-state index is 11.5. The Hall–Kier alpha value is -0.320. The minimum atomic E-state index is 0. The lowest BCUT2D eigenvalue weighted by atomic mass is 10.1. The molecule has 0 saturated carbocycles. The number of likely N-dealkylation sites (N-methyl/N-ethyl adjacent to an activating group) is 1. The lowest BCUT2D eigenvalue weighted by Gasteiger charge is -2.13. The van der Waals surface area contributed by atoms with Gasteiger partial charge in [0, 0.05) is 19.0 Å². The Morgan fingerprint density at radius 3 is 2.71 bits per heavy atom. The van der Waals surface area contributed by atoms with Crippen LogP contribution in [0.25, 0.3) is 0 Å². The van der Waals surface area contributed by atoms with Crippen LogP contribution in [0.2, 0.25) is 0 Å². The molecule has 102 valence electrons. The van der Waals surface area contributed by atoms with E-state index in [4.69, 9.17) is 4.74 Å². The van der Waals surface area contributed by atoms with E-state index in [1.165, 1.54) is 0 Å². The van der Waals surface area contributed by atoms with Crippen molar-refractivity contribution in [3.8, 4) is 0 Å². The van der Waals surface area contributed by atoms with Crippen LogP contribution in [0.5, 0.6) is 0 Å². The molecule has 17 heavy (non-hydrogen) atoms. The summed E-state index contributed by atoms with van der Waals surface area (Å²) in [5.74, 6) is 0.130. The third-order valence-corrected chi connectivity index (χ3v) is 3.11. The van der Waals surface area contributed by atoms with Gasteiger partial charge in [-0.2, -0.15) is 0 Å². The molecule has 1 fully saturated rings. The van der Waals surface area contributed by atoms with Crippen LogP contribution in [0.1, 0.15) is 39.5 Å². The number of hydrogen-bond donors (Lipinski definition) is 2. The minimum absolute atomic E-state index is 0. The van der Waals surface area contributed by atoms with E-state index in [1.54, 1.807) is 0 Å². The first-order chi connectivity index (χ1) is 7.61. The molecule has 4 nitrogen and oxygen atoms in total. The topological polar surface area (TPSA) is 50.4 Å². The molecule has 2 N–H and O–H groups in total. The monoisotopic (exact) mass is 264 g/mol. The lowest BCUT2D eigenvalue weighted by Crippen LogP contribution is -2.37. The molecule has 0 aromatic carbocycles. The fourth-order valence-electron chi connectivity index (χ4n) is 1.85. The van der Waals surface area contributed by atoms with Gasteiger partial charge >= 0.3 is 0 Å². The van der Waals surface area contributed by atoms with Crippen molar-refractivity contribution < 1.29 is 9.53 Å². The van der Waals surface area contributed by atoms with Crippen LogP contribution in [0.15, 0.2) is 0 Å². The summed E-state index contributed by atoms with van der Waals surface area (Å²) >= 11 is 0. The Morgan fingerprint density at radius 1 is 1.47 bits per heavy atom. The summed E-state index contributed by atoms with van der Waals surface area (Å²) in [6, 6.07) is 0.326. The zero-order valence-electron chi connectivity index (χ0n) is 11.0. The van der Waals surface area contributed by atoms with Crippen molar-refractivity contribution >= 4 is 18.3 Å². The minimum Gasteiger partial charge on any atom is -0.375 e. The highest BCUT2D eigenvalue weighted by Gasteiger charge is 2.22. The van der Waals surface area contributed by atoms with Crippen LogP contribution in [0, 0.1) is 0 Å². The summed E-state index contributed by atoms with van der Waals surface area (Å²) in [6.07, 6.45) is 4.32. The van der Waals surface area contributed by atoms with Crippen LogP contribution in [-0.2, 0) is 9.53 Å². The second-order valence-electron chi connectivity index (χ2n) is 4.68. The number of carbonyl (C=O) groups excluding carboxylic acids is 1. The maximum Gasteiger partial charge on any atom is 0.220 e. The first-order valence-corrected chi connectivity index (χ1v) is 6.21. The summed E-state index contributed by atoms with van der Waals surface area (Å²) in [5.41, 5.74) is 0. The van der Waals surface area contributed by atoms with Crippen LogP contribution < -0.4 is 10.6 Å². The Balaban J connectivity index is 0.00000256. The van der Waals surface area contributed by atoms with Crippen LogP contribution >= 0.6 is 12.4 Å². The lowest BCUT2D eigenvalue weighted by molar-refractivity contribution is -0.121. The number of ether oxygens (including phenoxy) is 1. The quantitative estimate of drug-likeness (QED) is 0.764. The number of hydrogen-bond acceptors (Lipinski definition) is 3. The van der Waals surface area contributed by atoms with Crippen LogP contribution in [0.4, 0.5) is 0 Å². The standard InChI is InChI=1S/C12H24N2O2.ClH/c1-9(13-3)8-14-12(15)7-6-11-5-4-10(2)16-11;/h9-11,13H,4-8H2,1-3H3,(H,14,15);1H. The third-order valence-electron chi connectivity index (χ3n) is 3.11.